The molecule has 174 valence electrons. The van der Waals surface area contributed by atoms with E-state index in [0.717, 1.165) is 25.7 Å². The zero-order chi connectivity index (χ0) is 23.0. The summed E-state index contributed by atoms with van der Waals surface area (Å²) in [6, 6.07) is 0.519. The van der Waals surface area contributed by atoms with Crippen LogP contribution in [0.1, 0.15) is 79.1 Å². The lowest BCUT2D eigenvalue weighted by atomic mass is 9.87. The van der Waals surface area contributed by atoms with E-state index in [-0.39, 0.29) is 35.7 Å². The Bertz CT molecular complexity index is 676. The van der Waals surface area contributed by atoms with Gasteiger partial charge < -0.3 is 20.7 Å². The molecule has 1 aliphatic heterocycles. The van der Waals surface area contributed by atoms with Crippen molar-refractivity contribution >= 4 is 17.7 Å². The Balaban J connectivity index is 1.97. The Hall–Kier alpha value is -2.14. The van der Waals surface area contributed by atoms with Crippen LogP contribution in [0.5, 0.6) is 0 Å². The molecule has 4 atom stereocenters. The fraction of sp³-hybridized carbons (Fsp3) is 0.826. The monoisotopic (exact) mass is 434 g/mol. The molecule has 1 unspecified atom stereocenters. The van der Waals surface area contributed by atoms with Crippen LogP contribution in [0.2, 0.25) is 0 Å². The van der Waals surface area contributed by atoms with Crippen molar-refractivity contribution in [2.45, 2.75) is 103 Å². The first-order valence-corrected chi connectivity index (χ1v) is 11.5. The first-order valence-electron chi connectivity index (χ1n) is 11.5. The average molecular weight is 435 g/mol. The summed E-state index contributed by atoms with van der Waals surface area (Å²) in [4.78, 5) is 37.5. The molecule has 31 heavy (non-hydrogen) atoms. The van der Waals surface area contributed by atoms with Gasteiger partial charge in [0.2, 0.25) is 17.7 Å². The molecule has 0 radical (unpaired) electrons. The number of nitrogens with zero attached hydrogens (tertiary/aromatic N) is 1. The molecular weight excluding hydrogens is 396 g/mol. The molecule has 1 saturated carbocycles. The number of hydrogen-bond acceptors (Lipinski definition) is 5. The van der Waals surface area contributed by atoms with Crippen molar-refractivity contribution in [2.75, 3.05) is 6.54 Å². The number of carbonyl (C=O) groups excluding carboxylic acids is 3. The highest BCUT2D eigenvalue weighted by Crippen LogP contribution is 2.23. The van der Waals surface area contributed by atoms with Crippen molar-refractivity contribution in [3.05, 3.63) is 0 Å². The second-order valence-electron chi connectivity index (χ2n) is 10.1. The van der Waals surface area contributed by atoms with Crippen molar-refractivity contribution in [2.24, 2.45) is 11.3 Å². The first kappa shape index (κ1) is 25.1. The minimum Gasteiger partial charge on any atom is -0.365 e. The second kappa shape index (κ2) is 11.5. The molecule has 0 spiro atoms. The fourth-order valence-electron chi connectivity index (χ4n) is 4.23. The predicted octanol–water partition coefficient (Wildman–Crippen LogP) is 2.18. The minimum atomic E-state index is -0.781. The number of rotatable bonds is 9. The van der Waals surface area contributed by atoms with Gasteiger partial charge in [-0.2, -0.15) is 5.26 Å². The quantitative estimate of drug-likeness (QED) is 0.514. The third kappa shape index (κ3) is 8.48. The third-order valence-corrected chi connectivity index (χ3v) is 5.92. The standard InChI is InChI=1S/C23H38N4O4/c1-15(31-18-8-6-5-7-9-18)20(28)27-19(13-23(2,3)4)22(30)26-17(14-24)12-16-10-11-25-21(16)29/h15-19H,5-13H2,1-4H3,(H,25,29)(H,26,30)(H,27,28)/t15?,16-,17-,19-/m0/s1. The predicted molar refractivity (Wildman–Crippen MR) is 117 cm³/mol. The average Bonchev–Trinajstić information content (AvgIpc) is 3.11. The molecule has 8 nitrogen and oxygen atoms in total. The van der Waals surface area contributed by atoms with Crippen LogP contribution < -0.4 is 16.0 Å². The van der Waals surface area contributed by atoms with Gasteiger partial charge in [-0.05, 0) is 44.4 Å². The smallest absolute Gasteiger partial charge is 0.249 e. The van der Waals surface area contributed by atoms with Gasteiger partial charge >= 0.3 is 0 Å². The number of nitrogens with one attached hydrogen (secondary N) is 3. The number of ether oxygens (including phenoxy) is 1. The van der Waals surface area contributed by atoms with Crippen LogP contribution in [0.3, 0.4) is 0 Å². The first-order chi connectivity index (χ1) is 14.6. The molecule has 8 heteroatoms. The number of carbonyl (C=O) groups is 3. The summed E-state index contributed by atoms with van der Waals surface area (Å²) in [7, 11) is 0. The van der Waals surface area contributed by atoms with E-state index in [2.05, 4.69) is 22.0 Å². The van der Waals surface area contributed by atoms with E-state index >= 15 is 0 Å². The van der Waals surface area contributed by atoms with E-state index in [1.807, 2.05) is 20.8 Å². The molecule has 3 amide bonds. The summed E-state index contributed by atoms with van der Waals surface area (Å²) >= 11 is 0. The highest BCUT2D eigenvalue weighted by atomic mass is 16.5. The number of nitriles is 1. The largest absolute Gasteiger partial charge is 0.365 e. The molecule has 1 aliphatic carbocycles. The van der Waals surface area contributed by atoms with E-state index in [1.165, 1.54) is 6.42 Å². The normalized spacial score (nSPS) is 22.7. The van der Waals surface area contributed by atoms with E-state index < -0.39 is 24.1 Å². The van der Waals surface area contributed by atoms with Crippen LogP contribution in [0.25, 0.3) is 0 Å². The molecule has 1 heterocycles. The SMILES string of the molecule is CC(OC1CCCCC1)C(=O)N[C@@H](CC(C)(C)C)C(=O)N[C@H](C#N)C[C@@H]1CCNC1=O. The van der Waals surface area contributed by atoms with Crippen LogP contribution in [0, 0.1) is 22.7 Å². The maximum absolute atomic E-state index is 13.0. The van der Waals surface area contributed by atoms with Crippen molar-refractivity contribution in [3.8, 4) is 6.07 Å². The van der Waals surface area contributed by atoms with Gasteiger partial charge in [0.25, 0.3) is 0 Å². The van der Waals surface area contributed by atoms with E-state index in [4.69, 9.17) is 4.74 Å². The molecular formula is C23H38N4O4. The number of hydrogen-bond donors (Lipinski definition) is 3. The summed E-state index contributed by atoms with van der Waals surface area (Å²) in [5, 5.41) is 17.8. The van der Waals surface area contributed by atoms with Gasteiger partial charge in [0.05, 0.1) is 12.2 Å². The fourth-order valence-corrected chi connectivity index (χ4v) is 4.23. The Labute approximate surface area is 185 Å². The van der Waals surface area contributed by atoms with E-state index in [1.54, 1.807) is 6.92 Å². The topological polar surface area (TPSA) is 120 Å². The van der Waals surface area contributed by atoms with Crippen LogP contribution in [0.4, 0.5) is 0 Å². The summed E-state index contributed by atoms with van der Waals surface area (Å²) in [6.07, 6.45) is 6.14. The van der Waals surface area contributed by atoms with E-state index in [0.29, 0.717) is 19.4 Å². The van der Waals surface area contributed by atoms with Crippen molar-refractivity contribution in [1.82, 2.24) is 16.0 Å². The molecule has 2 rings (SSSR count). The lowest BCUT2D eigenvalue weighted by molar-refractivity contribution is -0.140. The Morgan fingerprint density at radius 1 is 1.16 bits per heavy atom. The molecule has 2 aliphatic rings. The second-order valence-corrected chi connectivity index (χ2v) is 10.1. The van der Waals surface area contributed by atoms with Gasteiger partial charge in [0.15, 0.2) is 0 Å². The van der Waals surface area contributed by atoms with Crippen LogP contribution in [0.15, 0.2) is 0 Å². The molecule has 0 aromatic carbocycles. The van der Waals surface area contributed by atoms with Gasteiger partial charge in [0.1, 0.15) is 18.2 Å². The summed E-state index contributed by atoms with van der Waals surface area (Å²) in [6.45, 7) is 8.29. The molecule has 2 fully saturated rings. The zero-order valence-electron chi connectivity index (χ0n) is 19.3. The lowest BCUT2D eigenvalue weighted by Gasteiger charge is -2.29. The molecule has 3 N–H and O–H groups in total. The van der Waals surface area contributed by atoms with Gasteiger partial charge in [0, 0.05) is 12.5 Å². The Morgan fingerprint density at radius 2 is 1.84 bits per heavy atom. The lowest BCUT2D eigenvalue weighted by Crippen LogP contribution is -2.53. The molecule has 0 aromatic rings. The van der Waals surface area contributed by atoms with Gasteiger partial charge in [-0.1, -0.05) is 40.0 Å². The molecule has 0 bridgehead atoms. The van der Waals surface area contributed by atoms with Crippen LogP contribution >= 0.6 is 0 Å². The molecule has 1 saturated heterocycles. The van der Waals surface area contributed by atoms with Gasteiger partial charge in [-0.3, -0.25) is 14.4 Å². The maximum atomic E-state index is 13.0. The summed E-state index contributed by atoms with van der Waals surface area (Å²) < 4.78 is 5.93. The van der Waals surface area contributed by atoms with Crippen molar-refractivity contribution < 1.29 is 19.1 Å². The van der Waals surface area contributed by atoms with E-state index in [9.17, 15) is 19.6 Å². The Kier molecular flexibility index (Phi) is 9.30. The highest BCUT2D eigenvalue weighted by molar-refractivity contribution is 5.89. The summed E-state index contributed by atoms with van der Waals surface area (Å²) in [5.74, 6) is -1.08. The molecule has 0 aromatic heterocycles. The number of amides is 3. The van der Waals surface area contributed by atoms with Crippen molar-refractivity contribution in [3.63, 3.8) is 0 Å². The zero-order valence-corrected chi connectivity index (χ0v) is 19.3. The van der Waals surface area contributed by atoms with Crippen molar-refractivity contribution in [1.29, 1.82) is 5.26 Å². The van der Waals surface area contributed by atoms with Gasteiger partial charge in [-0.15, -0.1) is 0 Å². The third-order valence-electron chi connectivity index (χ3n) is 5.92. The Morgan fingerprint density at radius 3 is 2.39 bits per heavy atom. The minimum absolute atomic E-state index is 0.0808. The van der Waals surface area contributed by atoms with Gasteiger partial charge in [-0.25, -0.2) is 0 Å². The highest BCUT2D eigenvalue weighted by Gasteiger charge is 2.32. The van der Waals surface area contributed by atoms with Crippen LogP contribution in [-0.4, -0.2) is 48.6 Å². The van der Waals surface area contributed by atoms with Crippen LogP contribution in [-0.2, 0) is 19.1 Å². The summed E-state index contributed by atoms with van der Waals surface area (Å²) in [5.41, 5.74) is -0.212. The maximum Gasteiger partial charge on any atom is 0.249 e.